The Hall–Kier alpha value is -0.0800. The van der Waals surface area contributed by atoms with E-state index in [0.29, 0.717) is 5.92 Å². The van der Waals surface area contributed by atoms with Crippen LogP contribution in [0.3, 0.4) is 0 Å². The van der Waals surface area contributed by atoms with Gasteiger partial charge in [0.1, 0.15) is 0 Å². The summed E-state index contributed by atoms with van der Waals surface area (Å²) in [6, 6.07) is 0.215. The lowest BCUT2D eigenvalue weighted by Gasteiger charge is -2.28. The first kappa shape index (κ1) is 12.9. The van der Waals surface area contributed by atoms with Crippen LogP contribution in [0.2, 0.25) is 0 Å². The predicted octanol–water partition coefficient (Wildman–Crippen LogP) is 2.57. The Morgan fingerprint density at radius 2 is 1.85 bits per heavy atom. The monoisotopic (exact) mass is 187 g/mol. The van der Waals surface area contributed by atoms with Gasteiger partial charge in [0.25, 0.3) is 0 Å². The van der Waals surface area contributed by atoms with Crippen molar-refractivity contribution in [2.75, 3.05) is 6.61 Å². The van der Waals surface area contributed by atoms with Gasteiger partial charge in [-0.2, -0.15) is 0 Å². The van der Waals surface area contributed by atoms with E-state index >= 15 is 0 Å². The molecule has 2 atom stereocenters. The molecule has 0 rings (SSSR count). The molecule has 0 aliphatic rings. The van der Waals surface area contributed by atoms with E-state index < -0.39 is 0 Å². The van der Waals surface area contributed by atoms with Crippen LogP contribution in [0.1, 0.15) is 47.5 Å². The average Bonchev–Trinajstić information content (AvgIpc) is 1.98. The van der Waals surface area contributed by atoms with Gasteiger partial charge in [0, 0.05) is 12.6 Å². The highest BCUT2D eigenvalue weighted by Crippen LogP contribution is 2.17. The van der Waals surface area contributed by atoms with Crippen LogP contribution in [0.25, 0.3) is 0 Å². The average molecular weight is 187 g/mol. The smallest absolute Gasteiger partial charge is 0.0641 e. The third-order valence-electron chi connectivity index (χ3n) is 2.27. The number of hydrogen-bond donors (Lipinski definition) is 1. The van der Waals surface area contributed by atoms with E-state index in [2.05, 4.69) is 27.7 Å². The highest BCUT2D eigenvalue weighted by Gasteiger charge is 2.20. The second-order valence-electron chi connectivity index (χ2n) is 4.77. The summed E-state index contributed by atoms with van der Waals surface area (Å²) in [5.41, 5.74) is 5.67. The van der Waals surface area contributed by atoms with E-state index in [1.54, 1.807) is 0 Å². The number of nitrogens with two attached hydrogens (primary N) is 1. The van der Waals surface area contributed by atoms with Gasteiger partial charge in [-0.3, -0.25) is 0 Å². The van der Waals surface area contributed by atoms with Crippen LogP contribution < -0.4 is 5.73 Å². The van der Waals surface area contributed by atoms with Gasteiger partial charge in [-0.05, 0) is 33.1 Å². The van der Waals surface area contributed by atoms with Gasteiger partial charge in [-0.25, -0.2) is 0 Å². The van der Waals surface area contributed by atoms with E-state index in [-0.39, 0.29) is 11.6 Å². The Bertz CT molecular complexity index is 132. The van der Waals surface area contributed by atoms with Gasteiger partial charge >= 0.3 is 0 Å². The summed E-state index contributed by atoms with van der Waals surface area (Å²) in [5.74, 6) is 0.646. The first-order valence-electron chi connectivity index (χ1n) is 5.27. The Morgan fingerprint density at radius 1 is 1.31 bits per heavy atom. The maximum atomic E-state index is 5.81. The van der Waals surface area contributed by atoms with Crippen molar-refractivity contribution in [3.8, 4) is 0 Å². The minimum Gasteiger partial charge on any atom is -0.375 e. The molecule has 0 saturated carbocycles. The third-order valence-corrected chi connectivity index (χ3v) is 2.27. The molecule has 0 aliphatic carbocycles. The summed E-state index contributed by atoms with van der Waals surface area (Å²) in [4.78, 5) is 0. The van der Waals surface area contributed by atoms with Crippen molar-refractivity contribution in [1.82, 2.24) is 0 Å². The SMILES string of the molecule is CCC(C)COC(C)(C)CC(C)N. The zero-order valence-corrected chi connectivity index (χ0v) is 9.76. The molecule has 0 bridgehead atoms. The normalized spacial score (nSPS) is 17.1. The standard InChI is InChI=1S/C11H25NO/c1-6-9(2)8-13-11(4,5)7-10(3)12/h9-10H,6-8,12H2,1-5H3. The maximum Gasteiger partial charge on any atom is 0.0641 e. The van der Waals surface area contributed by atoms with Crippen molar-refractivity contribution >= 4 is 0 Å². The maximum absolute atomic E-state index is 5.81. The van der Waals surface area contributed by atoms with Crippen LogP contribution in [0.15, 0.2) is 0 Å². The minimum absolute atomic E-state index is 0.0718. The number of hydrogen-bond acceptors (Lipinski definition) is 2. The van der Waals surface area contributed by atoms with Gasteiger partial charge < -0.3 is 10.5 Å². The molecular formula is C11H25NO. The molecule has 2 unspecified atom stereocenters. The van der Waals surface area contributed by atoms with Gasteiger partial charge in [0.2, 0.25) is 0 Å². The molecule has 2 N–H and O–H groups in total. The van der Waals surface area contributed by atoms with E-state index in [1.165, 1.54) is 6.42 Å². The zero-order chi connectivity index (χ0) is 10.5. The van der Waals surface area contributed by atoms with Crippen LogP contribution in [0, 0.1) is 5.92 Å². The topological polar surface area (TPSA) is 35.2 Å². The molecule has 2 nitrogen and oxygen atoms in total. The quantitative estimate of drug-likeness (QED) is 0.693. The molecule has 0 saturated heterocycles. The summed E-state index contributed by atoms with van der Waals surface area (Å²) >= 11 is 0. The fraction of sp³-hybridized carbons (Fsp3) is 1.00. The van der Waals surface area contributed by atoms with E-state index in [4.69, 9.17) is 10.5 Å². The molecule has 0 aromatic heterocycles. The van der Waals surface area contributed by atoms with E-state index in [0.717, 1.165) is 13.0 Å². The molecule has 80 valence electrons. The summed E-state index contributed by atoms with van der Waals surface area (Å²) in [7, 11) is 0. The second kappa shape index (κ2) is 5.61. The van der Waals surface area contributed by atoms with Crippen LogP contribution in [0.4, 0.5) is 0 Å². The third kappa shape index (κ3) is 7.03. The molecule has 13 heavy (non-hydrogen) atoms. The molecule has 0 heterocycles. The summed E-state index contributed by atoms with van der Waals surface area (Å²) < 4.78 is 5.81. The molecule has 0 spiro atoms. The zero-order valence-electron chi connectivity index (χ0n) is 9.76. The number of rotatable bonds is 6. The van der Waals surface area contributed by atoms with Crippen molar-refractivity contribution in [2.24, 2.45) is 11.7 Å². The molecule has 0 aromatic carbocycles. The van der Waals surface area contributed by atoms with E-state index in [1.807, 2.05) is 6.92 Å². The van der Waals surface area contributed by atoms with Crippen LogP contribution in [0.5, 0.6) is 0 Å². The fourth-order valence-corrected chi connectivity index (χ4v) is 1.32. The Labute approximate surface area is 82.8 Å². The molecule has 0 radical (unpaired) electrons. The summed E-state index contributed by atoms with van der Waals surface area (Å²) in [5, 5.41) is 0. The van der Waals surface area contributed by atoms with Crippen LogP contribution in [-0.2, 0) is 4.74 Å². The predicted molar refractivity (Wildman–Crippen MR) is 57.8 cm³/mol. The molecular weight excluding hydrogens is 162 g/mol. The summed E-state index contributed by atoms with van der Waals surface area (Å²) in [6.45, 7) is 11.5. The fourth-order valence-electron chi connectivity index (χ4n) is 1.32. The van der Waals surface area contributed by atoms with Crippen molar-refractivity contribution in [3.63, 3.8) is 0 Å². The van der Waals surface area contributed by atoms with Crippen LogP contribution in [-0.4, -0.2) is 18.2 Å². The first-order chi connectivity index (χ1) is 5.87. The molecule has 0 amide bonds. The first-order valence-corrected chi connectivity index (χ1v) is 5.27. The van der Waals surface area contributed by atoms with Gasteiger partial charge in [0.05, 0.1) is 5.60 Å². The highest BCUT2D eigenvalue weighted by atomic mass is 16.5. The second-order valence-corrected chi connectivity index (χ2v) is 4.77. The largest absolute Gasteiger partial charge is 0.375 e. The lowest BCUT2D eigenvalue weighted by atomic mass is 10.00. The summed E-state index contributed by atoms with van der Waals surface area (Å²) in [6.07, 6.45) is 2.09. The highest BCUT2D eigenvalue weighted by molar-refractivity contribution is 4.73. The Kier molecular flexibility index (Phi) is 5.57. The van der Waals surface area contributed by atoms with Crippen molar-refractivity contribution in [2.45, 2.75) is 59.1 Å². The van der Waals surface area contributed by atoms with Crippen molar-refractivity contribution < 1.29 is 4.74 Å². The van der Waals surface area contributed by atoms with Gasteiger partial charge in [0.15, 0.2) is 0 Å². The van der Waals surface area contributed by atoms with Crippen LogP contribution >= 0.6 is 0 Å². The van der Waals surface area contributed by atoms with Crippen molar-refractivity contribution in [3.05, 3.63) is 0 Å². The molecule has 2 heteroatoms. The lowest BCUT2D eigenvalue weighted by Crippen LogP contribution is -2.33. The molecule has 0 fully saturated rings. The molecule has 0 aromatic rings. The van der Waals surface area contributed by atoms with Crippen molar-refractivity contribution in [1.29, 1.82) is 0 Å². The van der Waals surface area contributed by atoms with E-state index in [9.17, 15) is 0 Å². The van der Waals surface area contributed by atoms with Gasteiger partial charge in [-0.15, -0.1) is 0 Å². The van der Waals surface area contributed by atoms with Gasteiger partial charge in [-0.1, -0.05) is 20.3 Å². The Balaban J connectivity index is 3.74. The Morgan fingerprint density at radius 3 is 2.23 bits per heavy atom. The lowest BCUT2D eigenvalue weighted by molar-refractivity contribution is -0.0414. The minimum atomic E-state index is -0.0718. The molecule has 0 aliphatic heterocycles. The number of ether oxygens (including phenoxy) is 1.